The Kier molecular flexibility index (Phi) is 5.89. The molecule has 0 aromatic heterocycles. The molecule has 0 atom stereocenters. The molecule has 0 amide bonds. The summed E-state index contributed by atoms with van der Waals surface area (Å²) in [5, 5.41) is 0. The molecular formula is C10H24O3Si. The van der Waals surface area contributed by atoms with E-state index in [-0.39, 0.29) is 24.1 Å². The first-order valence-electron chi connectivity index (χ1n) is 5.15. The molecule has 0 aromatic carbocycles. The minimum atomic E-state index is -0.360. The molecular weight excluding hydrogens is 196 g/mol. The lowest BCUT2D eigenvalue weighted by atomic mass is 10.1. The monoisotopic (exact) mass is 220 g/mol. The smallest absolute Gasteiger partial charge is 0.185 e. The molecule has 0 aromatic rings. The Morgan fingerprint density at radius 1 is 0.929 bits per heavy atom. The summed E-state index contributed by atoms with van der Waals surface area (Å²) >= 11 is 0. The van der Waals surface area contributed by atoms with Crippen LogP contribution in [-0.4, -0.2) is 34.6 Å². The lowest BCUT2D eigenvalue weighted by molar-refractivity contribution is -0.245. The summed E-state index contributed by atoms with van der Waals surface area (Å²) < 4.78 is 16.9. The molecule has 4 heteroatoms. The van der Waals surface area contributed by atoms with Crippen LogP contribution in [0.2, 0.25) is 0 Å². The molecule has 0 saturated heterocycles. The van der Waals surface area contributed by atoms with Crippen molar-refractivity contribution in [3.05, 3.63) is 0 Å². The Balaban J connectivity index is 4.38. The molecule has 0 spiro atoms. The van der Waals surface area contributed by atoms with Crippen molar-refractivity contribution in [2.75, 3.05) is 0 Å². The standard InChI is InChI=1S/C10H24O3Si/c1-7(2)11-9(12-8(3)4)10(5,6)13-14/h7-9H,1-6,14H3. The zero-order chi connectivity index (χ0) is 11.4. The van der Waals surface area contributed by atoms with E-state index in [1.54, 1.807) is 0 Å². The van der Waals surface area contributed by atoms with Gasteiger partial charge in [-0.2, -0.15) is 0 Å². The van der Waals surface area contributed by atoms with Crippen LogP contribution in [0, 0.1) is 0 Å². The average Bonchev–Trinajstić information content (AvgIpc) is 2.01. The minimum absolute atomic E-state index is 0.148. The number of hydrogen-bond donors (Lipinski definition) is 0. The Morgan fingerprint density at radius 3 is 1.50 bits per heavy atom. The van der Waals surface area contributed by atoms with E-state index in [0.29, 0.717) is 10.5 Å². The molecule has 0 aliphatic carbocycles. The normalized spacial score (nSPS) is 13.5. The van der Waals surface area contributed by atoms with Crippen LogP contribution >= 0.6 is 0 Å². The van der Waals surface area contributed by atoms with Gasteiger partial charge in [0.25, 0.3) is 0 Å². The van der Waals surface area contributed by atoms with Crippen LogP contribution in [0.1, 0.15) is 41.5 Å². The number of rotatable bonds is 6. The van der Waals surface area contributed by atoms with Crippen LogP contribution < -0.4 is 0 Å². The maximum Gasteiger partial charge on any atom is 0.185 e. The van der Waals surface area contributed by atoms with Gasteiger partial charge in [0.15, 0.2) is 6.29 Å². The minimum Gasteiger partial charge on any atom is -0.418 e. The molecule has 0 radical (unpaired) electrons. The van der Waals surface area contributed by atoms with Crippen molar-refractivity contribution in [2.45, 2.75) is 65.6 Å². The van der Waals surface area contributed by atoms with Crippen LogP contribution in [0.25, 0.3) is 0 Å². The van der Waals surface area contributed by atoms with Crippen LogP contribution in [0.15, 0.2) is 0 Å². The summed E-state index contributed by atoms with van der Waals surface area (Å²) in [6.45, 7) is 12.0. The first-order chi connectivity index (χ1) is 6.29. The second-order valence-electron chi connectivity index (χ2n) is 4.51. The summed E-state index contributed by atoms with van der Waals surface area (Å²) in [6, 6.07) is 0. The van der Waals surface area contributed by atoms with E-state index in [1.165, 1.54) is 0 Å². The molecule has 0 N–H and O–H groups in total. The lowest BCUT2D eigenvalue weighted by Crippen LogP contribution is -2.44. The number of hydrogen-bond acceptors (Lipinski definition) is 3. The van der Waals surface area contributed by atoms with Crippen molar-refractivity contribution in [1.82, 2.24) is 0 Å². The third-order valence-corrected chi connectivity index (χ3v) is 2.94. The second-order valence-corrected chi connectivity index (χ2v) is 4.92. The van der Waals surface area contributed by atoms with Crippen molar-refractivity contribution in [1.29, 1.82) is 0 Å². The Labute approximate surface area is 90.7 Å². The fourth-order valence-corrected chi connectivity index (χ4v) is 1.14. The van der Waals surface area contributed by atoms with Crippen molar-refractivity contribution >= 4 is 10.5 Å². The molecule has 0 bridgehead atoms. The van der Waals surface area contributed by atoms with Gasteiger partial charge in [0.2, 0.25) is 0 Å². The predicted octanol–water partition coefficient (Wildman–Crippen LogP) is 1.24. The van der Waals surface area contributed by atoms with Gasteiger partial charge in [-0.1, -0.05) is 0 Å². The zero-order valence-corrected chi connectivity index (χ0v) is 12.5. The van der Waals surface area contributed by atoms with Crippen molar-refractivity contribution < 1.29 is 13.9 Å². The first-order valence-corrected chi connectivity index (χ1v) is 5.97. The summed E-state index contributed by atoms with van der Waals surface area (Å²) in [5.74, 6) is 0. The third-order valence-electron chi connectivity index (χ3n) is 1.89. The molecule has 0 unspecified atom stereocenters. The Morgan fingerprint density at radius 2 is 1.29 bits per heavy atom. The van der Waals surface area contributed by atoms with E-state index in [9.17, 15) is 0 Å². The lowest BCUT2D eigenvalue weighted by Gasteiger charge is -2.35. The van der Waals surface area contributed by atoms with Crippen molar-refractivity contribution in [2.24, 2.45) is 0 Å². The summed E-state index contributed by atoms with van der Waals surface area (Å²) in [5.41, 5.74) is -0.360. The molecule has 0 rings (SSSR count). The van der Waals surface area contributed by atoms with Crippen LogP contribution in [0.4, 0.5) is 0 Å². The maximum atomic E-state index is 5.69. The molecule has 0 saturated carbocycles. The molecule has 3 nitrogen and oxygen atoms in total. The van der Waals surface area contributed by atoms with Gasteiger partial charge in [0.1, 0.15) is 16.1 Å². The second kappa shape index (κ2) is 5.85. The van der Waals surface area contributed by atoms with Gasteiger partial charge in [-0.3, -0.25) is 0 Å². The van der Waals surface area contributed by atoms with Gasteiger partial charge < -0.3 is 13.9 Å². The van der Waals surface area contributed by atoms with Crippen LogP contribution in [-0.2, 0) is 13.9 Å². The van der Waals surface area contributed by atoms with E-state index in [4.69, 9.17) is 13.9 Å². The molecule has 86 valence electrons. The molecule has 14 heavy (non-hydrogen) atoms. The number of ether oxygens (including phenoxy) is 2. The van der Waals surface area contributed by atoms with Gasteiger partial charge >= 0.3 is 0 Å². The largest absolute Gasteiger partial charge is 0.418 e. The van der Waals surface area contributed by atoms with E-state index >= 15 is 0 Å². The van der Waals surface area contributed by atoms with Gasteiger partial charge in [-0.25, -0.2) is 0 Å². The SMILES string of the molecule is CC(C)OC(OC(C)C)C(C)(C)O[SiH3]. The van der Waals surface area contributed by atoms with E-state index < -0.39 is 0 Å². The van der Waals surface area contributed by atoms with Crippen molar-refractivity contribution in [3.8, 4) is 0 Å². The highest BCUT2D eigenvalue weighted by Crippen LogP contribution is 2.20. The highest BCUT2D eigenvalue weighted by Gasteiger charge is 2.32. The van der Waals surface area contributed by atoms with Crippen LogP contribution in [0.3, 0.4) is 0 Å². The van der Waals surface area contributed by atoms with Gasteiger partial charge in [0, 0.05) is 0 Å². The highest BCUT2D eigenvalue weighted by atomic mass is 28.2. The third kappa shape index (κ3) is 5.10. The van der Waals surface area contributed by atoms with Gasteiger partial charge in [0.05, 0.1) is 12.2 Å². The average molecular weight is 220 g/mol. The molecule has 0 aliphatic heterocycles. The Hall–Kier alpha value is 0.0969. The van der Waals surface area contributed by atoms with Crippen molar-refractivity contribution in [3.63, 3.8) is 0 Å². The van der Waals surface area contributed by atoms with E-state index in [0.717, 1.165) is 0 Å². The fourth-order valence-electron chi connectivity index (χ4n) is 0.950. The molecule has 0 fully saturated rings. The van der Waals surface area contributed by atoms with E-state index in [1.807, 2.05) is 41.5 Å². The van der Waals surface area contributed by atoms with Crippen LogP contribution in [0.5, 0.6) is 0 Å². The first kappa shape index (κ1) is 14.1. The van der Waals surface area contributed by atoms with Gasteiger partial charge in [-0.05, 0) is 41.5 Å². The summed E-state index contributed by atoms with van der Waals surface area (Å²) in [4.78, 5) is 0. The topological polar surface area (TPSA) is 27.7 Å². The summed E-state index contributed by atoms with van der Waals surface area (Å²) in [7, 11) is 0.686. The maximum absolute atomic E-state index is 5.69. The molecule has 0 heterocycles. The zero-order valence-electron chi connectivity index (χ0n) is 10.5. The predicted molar refractivity (Wildman–Crippen MR) is 61.3 cm³/mol. The Bertz CT molecular complexity index is 147. The fraction of sp³-hybridized carbons (Fsp3) is 1.00. The quantitative estimate of drug-likeness (QED) is 0.498. The highest BCUT2D eigenvalue weighted by molar-refractivity contribution is 5.98. The van der Waals surface area contributed by atoms with E-state index in [2.05, 4.69) is 0 Å². The summed E-state index contributed by atoms with van der Waals surface area (Å²) in [6.07, 6.45) is 0.00434. The van der Waals surface area contributed by atoms with Gasteiger partial charge in [-0.15, -0.1) is 0 Å². The molecule has 0 aliphatic rings.